The first-order valence-corrected chi connectivity index (χ1v) is 16.3. The number of benzene rings is 4. The molecule has 48 heavy (non-hydrogen) atoms. The van der Waals surface area contributed by atoms with Crippen molar-refractivity contribution in [2.45, 2.75) is 44.3 Å². The molecule has 0 bridgehead atoms. The normalized spacial score (nSPS) is 17.2. The molecule has 1 aliphatic heterocycles. The van der Waals surface area contributed by atoms with Crippen LogP contribution >= 0.6 is 11.6 Å². The van der Waals surface area contributed by atoms with E-state index in [9.17, 15) is 19.2 Å². The second-order valence-electron chi connectivity index (χ2n) is 12.2. The number of hydrogen-bond acceptors (Lipinski definition) is 5. The summed E-state index contributed by atoms with van der Waals surface area (Å²) in [4.78, 5) is 61.9. The van der Waals surface area contributed by atoms with Gasteiger partial charge in [-0.1, -0.05) is 78.3 Å². The van der Waals surface area contributed by atoms with Crippen molar-refractivity contribution in [3.05, 3.63) is 125 Å². The molecular weight excluding hydrogens is 626 g/mol. The van der Waals surface area contributed by atoms with E-state index in [2.05, 4.69) is 10.3 Å². The van der Waals surface area contributed by atoms with E-state index in [0.717, 1.165) is 32.8 Å². The maximum absolute atomic E-state index is 14.6. The third-order valence-electron chi connectivity index (χ3n) is 8.98. The average Bonchev–Trinajstić information content (AvgIpc) is 3.21. The highest BCUT2D eigenvalue weighted by atomic mass is 35.5. The van der Waals surface area contributed by atoms with Crippen LogP contribution in [0.25, 0.3) is 21.7 Å². The number of aromatic nitrogens is 1. The lowest BCUT2D eigenvalue weighted by atomic mass is 9.96. The van der Waals surface area contributed by atoms with E-state index in [4.69, 9.17) is 17.3 Å². The SMILES string of the molecule is CC1CCN(C(Cc2cccc3ccccc23)C(N)=O)C(=O)C(c2cccc(Cl)c2)N1C(=O)CNC(=O)Cc1ccc2ncccc2c1. The highest BCUT2D eigenvalue weighted by Gasteiger charge is 2.43. The van der Waals surface area contributed by atoms with E-state index in [-0.39, 0.29) is 31.8 Å². The Morgan fingerprint density at radius 2 is 1.73 bits per heavy atom. The van der Waals surface area contributed by atoms with Gasteiger partial charge in [-0.25, -0.2) is 0 Å². The predicted octanol–water partition coefficient (Wildman–Crippen LogP) is 4.99. The van der Waals surface area contributed by atoms with E-state index in [1.165, 1.54) is 9.80 Å². The van der Waals surface area contributed by atoms with Crippen LogP contribution in [0.5, 0.6) is 0 Å². The highest BCUT2D eigenvalue weighted by Crippen LogP contribution is 2.33. The van der Waals surface area contributed by atoms with Crippen LogP contribution < -0.4 is 11.1 Å². The molecule has 1 aromatic heterocycles. The first kappa shape index (κ1) is 32.7. The zero-order valence-corrected chi connectivity index (χ0v) is 27.3. The molecule has 0 aliphatic carbocycles. The first-order valence-electron chi connectivity index (χ1n) is 15.9. The number of rotatable bonds is 9. The lowest BCUT2D eigenvalue weighted by Gasteiger charge is -2.36. The van der Waals surface area contributed by atoms with Gasteiger partial charge in [0.1, 0.15) is 12.1 Å². The Balaban J connectivity index is 1.26. The Kier molecular flexibility index (Phi) is 9.68. The molecule has 0 saturated carbocycles. The van der Waals surface area contributed by atoms with Crippen LogP contribution in [-0.4, -0.2) is 63.6 Å². The second-order valence-corrected chi connectivity index (χ2v) is 12.6. The van der Waals surface area contributed by atoms with Gasteiger partial charge < -0.3 is 20.9 Å². The van der Waals surface area contributed by atoms with Crippen LogP contribution in [0, 0.1) is 0 Å². The number of amides is 4. The molecule has 4 amide bonds. The average molecular weight is 662 g/mol. The Morgan fingerprint density at radius 1 is 0.958 bits per heavy atom. The van der Waals surface area contributed by atoms with Gasteiger partial charge in [-0.2, -0.15) is 0 Å². The van der Waals surface area contributed by atoms with Gasteiger partial charge in [0, 0.05) is 35.6 Å². The van der Waals surface area contributed by atoms with Crippen molar-refractivity contribution in [3.63, 3.8) is 0 Å². The van der Waals surface area contributed by atoms with Gasteiger partial charge in [0.2, 0.25) is 17.7 Å². The topological polar surface area (TPSA) is 126 Å². The Labute approximate surface area is 283 Å². The standard InChI is InChI=1S/C38H36ClN5O4/c1-24-16-18-43(33(37(40)47)22-27-9-4-8-26-7-2-3-13-31(26)27)38(48)36(29-10-5-12-30(39)21-29)44(24)35(46)23-42-34(45)20-25-14-15-32-28(19-25)11-6-17-41-32/h2-15,17,19,21,24,33,36H,16,18,20,22-23H2,1H3,(H2,40,47)(H,42,45). The zero-order chi connectivity index (χ0) is 33.8. The quantitative estimate of drug-likeness (QED) is 0.230. The van der Waals surface area contributed by atoms with E-state index in [1.807, 2.05) is 79.7 Å². The maximum Gasteiger partial charge on any atom is 0.250 e. The molecule has 3 N–H and O–H groups in total. The highest BCUT2D eigenvalue weighted by molar-refractivity contribution is 6.30. The van der Waals surface area contributed by atoms with E-state index < -0.39 is 35.8 Å². The van der Waals surface area contributed by atoms with Crippen LogP contribution in [0.4, 0.5) is 0 Å². The van der Waals surface area contributed by atoms with Gasteiger partial charge >= 0.3 is 0 Å². The first-order chi connectivity index (χ1) is 23.2. The molecule has 0 spiro atoms. The van der Waals surface area contributed by atoms with Crippen molar-refractivity contribution < 1.29 is 19.2 Å². The third-order valence-corrected chi connectivity index (χ3v) is 9.21. The van der Waals surface area contributed by atoms with E-state index in [1.54, 1.807) is 30.5 Å². The predicted molar refractivity (Wildman–Crippen MR) is 186 cm³/mol. The fraction of sp³-hybridized carbons (Fsp3) is 0.237. The van der Waals surface area contributed by atoms with E-state index in [0.29, 0.717) is 17.0 Å². The third kappa shape index (κ3) is 7.01. The fourth-order valence-corrected chi connectivity index (χ4v) is 6.78. The number of nitrogens with zero attached hydrogens (tertiary/aromatic N) is 3. The van der Waals surface area contributed by atoms with Gasteiger partial charge in [-0.15, -0.1) is 0 Å². The molecular formula is C38H36ClN5O4. The van der Waals surface area contributed by atoms with Crippen molar-refractivity contribution in [1.29, 1.82) is 0 Å². The molecule has 6 rings (SSSR count). The van der Waals surface area contributed by atoms with Crippen LogP contribution in [0.15, 0.2) is 103 Å². The Hall–Kier alpha value is -5.28. The summed E-state index contributed by atoms with van der Waals surface area (Å²) in [7, 11) is 0. The van der Waals surface area contributed by atoms with Gasteiger partial charge in [0.05, 0.1) is 18.5 Å². The van der Waals surface area contributed by atoms with Gasteiger partial charge in [-0.3, -0.25) is 24.2 Å². The van der Waals surface area contributed by atoms with Gasteiger partial charge in [0.25, 0.3) is 5.91 Å². The summed E-state index contributed by atoms with van der Waals surface area (Å²) < 4.78 is 0. The summed E-state index contributed by atoms with van der Waals surface area (Å²) in [5.41, 5.74) is 9.01. The largest absolute Gasteiger partial charge is 0.368 e. The number of nitrogens with one attached hydrogen (secondary N) is 1. The summed E-state index contributed by atoms with van der Waals surface area (Å²) in [5, 5.41) is 6.05. The molecule has 3 atom stereocenters. The fourth-order valence-electron chi connectivity index (χ4n) is 6.58. The smallest absolute Gasteiger partial charge is 0.250 e. The monoisotopic (exact) mass is 661 g/mol. The van der Waals surface area contributed by atoms with Gasteiger partial charge in [-0.05, 0) is 71.1 Å². The molecule has 0 radical (unpaired) electrons. The molecule has 9 nitrogen and oxygen atoms in total. The van der Waals surface area contributed by atoms with Crippen molar-refractivity contribution in [2.24, 2.45) is 5.73 Å². The number of primary amides is 1. The summed E-state index contributed by atoms with van der Waals surface area (Å²) in [6.07, 6.45) is 2.40. The molecule has 1 saturated heterocycles. The summed E-state index contributed by atoms with van der Waals surface area (Å²) in [6, 6.07) is 27.4. The molecule has 4 aromatic carbocycles. The molecule has 1 fully saturated rings. The van der Waals surface area contributed by atoms with Crippen LogP contribution in [0.2, 0.25) is 5.02 Å². The minimum Gasteiger partial charge on any atom is -0.368 e. The molecule has 2 heterocycles. The van der Waals surface area contributed by atoms with Crippen molar-refractivity contribution in [1.82, 2.24) is 20.1 Å². The summed E-state index contributed by atoms with van der Waals surface area (Å²) in [6.45, 7) is 1.77. The van der Waals surface area contributed by atoms with Crippen LogP contribution in [-0.2, 0) is 32.0 Å². The number of halogens is 1. The minimum atomic E-state index is -1.09. The molecule has 3 unspecified atom stereocenters. The number of pyridine rings is 1. The Bertz CT molecular complexity index is 2010. The van der Waals surface area contributed by atoms with Crippen LogP contribution in [0.1, 0.15) is 36.1 Å². The molecule has 244 valence electrons. The molecule has 5 aromatic rings. The maximum atomic E-state index is 14.6. The summed E-state index contributed by atoms with van der Waals surface area (Å²) in [5.74, 6) is -1.82. The second kappa shape index (κ2) is 14.2. The van der Waals surface area contributed by atoms with Gasteiger partial charge in [0.15, 0.2) is 0 Å². The lowest BCUT2D eigenvalue weighted by Crippen LogP contribution is -2.53. The zero-order valence-electron chi connectivity index (χ0n) is 26.5. The Morgan fingerprint density at radius 3 is 2.54 bits per heavy atom. The number of carbonyl (C=O) groups is 4. The number of hydrogen-bond donors (Lipinski definition) is 2. The number of nitrogens with two attached hydrogens (primary N) is 1. The summed E-state index contributed by atoms with van der Waals surface area (Å²) >= 11 is 6.38. The van der Waals surface area contributed by atoms with Crippen molar-refractivity contribution in [3.8, 4) is 0 Å². The minimum absolute atomic E-state index is 0.0760. The lowest BCUT2D eigenvalue weighted by molar-refractivity contribution is -0.148. The van der Waals surface area contributed by atoms with Crippen LogP contribution in [0.3, 0.4) is 0 Å². The number of fused-ring (bicyclic) bond motifs is 2. The number of carbonyl (C=O) groups excluding carboxylic acids is 4. The van der Waals surface area contributed by atoms with Crippen molar-refractivity contribution in [2.75, 3.05) is 13.1 Å². The molecule has 1 aliphatic rings. The molecule has 10 heteroatoms. The van der Waals surface area contributed by atoms with E-state index >= 15 is 0 Å². The van der Waals surface area contributed by atoms with Crippen molar-refractivity contribution >= 4 is 56.9 Å².